The van der Waals surface area contributed by atoms with Gasteiger partial charge in [-0.2, -0.15) is 0 Å². The van der Waals surface area contributed by atoms with Gasteiger partial charge in [-0.05, 0) is 43.5 Å². The van der Waals surface area contributed by atoms with Crippen molar-refractivity contribution in [2.45, 2.75) is 32.2 Å². The standard InChI is InChI=1S/C22H22N4O4/c1-2-15-13-19(27)25-20(23-15)14-6-3-7-16(12-14)24-21(28)17-8-4-10-26(17)22(29)18-9-5-11-30-18/h3,5-7,9,11-13,17H,2,4,8,10H2,1H3,(H,24,28)(H,23,25,27)/t17-/m0/s1. The summed E-state index contributed by atoms with van der Waals surface area (Å²) in [7, 11) is 0. The molecule has 1 fully saturated rings. The van der Waals surface area contributed by atoms with E-state index in [2.05, 4.69) is 15.3 Å². The van der Waals surface area contributed by atoms with Crippen LogP contribution in [-0.2, 0) is 11.2 Å². The van der Waals surface area contributed by atoms with Crippen LogP contribution < -0.4 is 10.9 Å². The van der Waals surface area contributed by atoms with Crippen molar-refractivity contribution < 1.29 is 14.0 Å². The van der Waals surface area contributed by atoms with Gasteiger partial charge in [0, 0.05) is 29.6 Å². The van der Waals surface area contributed by atoms with E-state index in [4.69, 9.17) is 4.42 Å². The van der Waals surface area contributed by atoms with E-state index in [1.54, 1.807) is 35.2 Å². The van der Waals surface area contributed by atoms with Crippen LogP contribution in [0.5, 0.6) is 0 Å². The number of aromatic amines is 1. The summed E-state index contributed by atoms with van der Waals surface area (Å²) in [5, 5.41) is 2.88. The number of carbonyl (C=O) groups excluding carboxylic acids is 2. The Morgan fingerprint density at radius 2 is 2.13 bits per heavy atom. The van der Waals surface area contributed by atoms with Gasteiger partial charge in [0.15, 0.2) is 5.76 Å². The van der Waals surface area contributed by atoms with Crippen LogP contribution in [0.1, 0.15) is 36.0 Å². The van der Waals surface area contributed by atoms with E-state index >= 15 is 0 Å². The van der Waals surface area contributed by atoms with Crippen LogP contribution in [0.2, 0.25) is 0 Å². The van der Waals surface area contributed by atoms with Crippen LogP contribution >= 0.6 is 0 Å². The predicted octanol–water partition coefficient (Wildman–Crippen LogP) is 2.84. The van der Waals surface area contributed by atoms with Crippen LogP contribution in [-0.4, -0.2) is 39.3 Å². The number of hydrogen-bond donors (Lipinski definition) is 2. The average Bonchev–Trinajstić information content (AvgIpc) is 3.45. The highest BCUT2D eigenvalue weighted by atomic mass is 16.3. The zero-order valence-corrected chi connectivity index (χ0v) is 16.6. The molecule has 30 heavy (non-hydrogen) atoms. The molecule has 0 radical (unpaired) electrons. The number of nitrogens with one attached hydrogen (secondary N) is 2. The van der Waals surface area contributed by atoms with Gasteiger partial charge >= 0.3 is 0 Å². The Bertz CT molecular complexity index is 1120. The monoisotopic (exact) mass is 406 g/mol. The van der Waals surface area contributed by atoms with Gasteiger partial charge in [-0.15, -0.1) is 0 Å². The molecule has 0 spiro atoms. The molecule has 0 aliphatic carbocycles. The van der Waals surface area contributed by atoms with Gasteiger partial charge in [0.05, 0.1) is 6.26 Å². The van der Waals surface area contributed by atoms with E-state index in [9.17, 15) is 14.4 Å². The summed E-state index contributed by atoms with van der Waals surface area (Å²) in [6, 6.07) is 11.3. The van der Waals surface area contributed by atoms with Gasteiger partial charge in [0.1, 0.15) is 11.9 Å². The zero-order valence-electron chi connectivity index (χ0n) is 16.6. The van der Waals surface area contributed by atoms with Crippen LogP contribution in [0.3, 0.4) is 0 Å². The van der Waals surface area contributed by atoms with Crippen molar-refractivity contribution >= 4 is 17.5 Å². The molecule has 3 heterocycles. The molecule has 1 atom stereocenters. The van der Waals surface area contributed by atoms with Crippen molar-refractivity contribution in [3.05, 3.63) is 70.5 Å². The van der Waals surface area contributed by atoms with Gasteiger partial charge < -0.3 is 19.6 Å². The third-order valence-corrected chi connectivity index (χ3v) is 5.11. The Balaban J connectivity index is 1.52. The second-order valence-electron chi connectivity index (χ2n) is 7.14. The quantitative estimate of drug-likeness (QED) is 0.677. The lowest BCUT2D eigenvalue weighted by molar-refractivity contribution is -0.119. The van der Waals surface area contributed by atoms with Crippen LogP contribution in [0.4, 0.5) is 5.69 Å². The first-order valence-corrected chi connectivity index (χ1v) is 9.91. The maximum absolute atomic E-state index is 12.9. The number of amides is 2. The summed E-state index contributed by atoms with van der Waals surface area (Å²) >= 11 is 0. The molecule has 4 rings (SSSR count). The molecule has 1 aliphatic heterocycles. The van der Waals surface area contributed by atoms with E-state index in [0.29, 0.717) is 42.2 Å². The van der Waals surface area contributed by atoms with Crippen LogP contribution in [0, 0.1) is 0 Å². The molecular weight excluding hydrogens is 384 g/mol. The summed E-state index contributed by atoms with van der Waals surface area (Å²) in [6.45, 7) is 2.44. The molecule has 0 bridgehead atoms. The summed E-state index contributed by atoms with van der Waals surface area (Å²) in [5.41, 5.74) is 1.74. The third kappa shape index (κ3) is 4.03. The van der Waals surface area contributed by atoms with Gasteiger partial charge in [0.25, 0.3) is 11.5 Å². The smallest absolute Gasteiger partial charge is 0.290 e. The molecule has 2 N–H and O–H groups in total. The summed E-state index contributed by atoms with van der Waals surface area (Å²) in [5.74, 6) is 0.131. The molecule has 2 amide bonds. The Morgan fingerprint density at radius 1 is 1.27 bits per heavy atom. The first-order valence-electron chi connectivity index (χ1n) is 9.91. The molecule has 8 nitrogen and oxygen atoms in total. The Labute approximate surface area is 172 Å². The lowest BCUT2D eigenvalue weighted by atomic mass is 10.1. The Kier molecular flexibility index (Phi) is 5.47. The van der Waals surface area contributed by atoms with E-state index in [1.165, 1.54) is 12.3 Å². The number of benzene rings is 1. The van der Waals surface area contributed by atoms with E-state index < -0.39 is 6.04 Å². The molecule has 154 valence electrons. The summed E-state index contributed by atoms with van der Waals surface area (Å²) in [6.07, 6.45) is 3.43. The van der Waals surface area contributed by atoms with E-state index in [0.717, 1.165) is 6.42 Å². The van der Waals surface area contributed by atoms with Crippen molar-refractivity contribution in [2.24, 2.45) is 0 Å². The normalized spacial score (nSPS) is 15.9. The van der Waals surface area contributed by atoms with Crippen LogP contribution in [0.25, 0.3) is 11.4 Å². The summed E-state index contributed by atoms with van der Waals surface area (Å²) < 4.78 is 5.19. The first kappa shape index (κ1) is 19.6. The Hall–Kier alpha value is -3.68. The lowest BCUT2D eigenvalue weighted by Crippen LogP contribution is -2.43. The maximum Gasteiger partial charge on any atom is 0.290 e. The van der Waals surface area contributed by atoms with Crippen molar-refractivity contribution in [1.29, 1.82) is 0 Å². The number of rotatable bonds is 5. The number of carbonyl (C=O) groups is 2. The van der Waals surface area contributed by atoms with Gasteiger partial charge in [-0.1, -0.05) is 19.1 Å². The van der Waals surface area contributed by atoms with E-state index in [-0.39, 0.29) is 23.1 Å². The minimum Gasteiger partial charge on any atom is -0.459 e. The SMILES string of the molecule is CCc1cc(=O)[nH]c(-c2cccc(NC(=O)[C@@H]3CCCN3C(=O)c3ccco3)c2)n1. The molecule has 0 unspecified atom stereocenters. The number of likely N-dealkylation sites (tertiary alicyclic amines) is 1. The molecule has 1 saturated heterocycles. The molecular formula is C22H22N4O4. The highest BCUT2D eigenvalue weighted by Crippen LogP contribution is 2.23. The number of anilines is 1. The zero-order chi connectivity index (χ0) is 21.1. The number of hydrogen-bond acceptors (Lipinski definition) is 5. The fraction of sp³-hybridized carbons (Fsp3) is 0.273. The molecule has 0 saturated carbocycles. The van der Waals surface area contributed by atoms with Crippen molar-refractivity contribution in [2.75, 3.05) is 11.9 Å². The van der Waals surface area contributed by atoms with Crippen molar-refractivity contribution in [1.82, 2.24) is 14.9 Å². The largest absolute Gasteiger partial charge is 0.459 e. The number of furan rings is 1. The number of nitrogens with zero attached hydrogens (tertiary/aromatic N) is 2. The van der Waals surface area contributed by atoms with Gasteiger partial charge in [-0.25, -0.2) is 4.98 Å². The van der Waals surface area contributed by atoms with Gasteiger partial charge in [-0.3, -0.25) is 14.4 Å². The molecule has 8 heteroatoms. The number of aromatic nitrogens is 2. The topological polar surface area (TPSA) is 108 Å². The number of aryl methyl sites for hydroxylation is 1. The Morgan fingerprint density at radius 3 is 2.90 bits per heavy atom. The molecule has 1 aromatic carbocycles. The summed E-state index contributed by atoms with van der Waals surface area (Å²) in [4.78, 5) is 46.1. The maximum atomic E-state index is 12.9. The third-order valence-electron chi connectivity index (χ3n) is 5.11. The van der Waals surface area contributed by atoms with Crippen molar-refractivity contribution in [3.8, 4) is 11.4 Å². The fourth-order valence-corrected chi connectivity index (χ4v) is 3.62. The first-order chi connectivity index (χ1) is 14.5. The molecule has 2 aromatic heterocycles. The second-order valence-corrected chi connectivity index (χ2v) is 7.14. The minimum atomic E-state index is -0.562. The van der Waals surface area contributed by atoms with Crippen LogP contribution in [0.15, 0.2) is 57.9 Å². The average molecular weight is 406 g/mol. The minimum absolute atomic E-state index is 0.218. The number of H-pyrrole nitrogens is 1. The predicted molar refractivity (Wildman–Crippen MR) is 111 cm³/mol. The van der Waals surface area contributed by atoms with E-state index in [1.807, 2.05) is 13.0 Å². The fourth-order valence-electron chi connectivity index (χ4n) is 3.62. The molecule has 3 aromatic rings. The molecule has 1 aliphatic rings. The van der Waals surface area contributed by atoms with Crippen molar-refractivity contribution in [3.63, 3.8) is 0 Å². The van der Waals surface area contributed by atoms with Gasteiger partial charge in [0.2, 0.25) is 5.91 Å². The highest BCUT2D eigenvalue weighted by Gasteiger charge is 2.35. The highest BCUT2D eigenvalue weighted by molar-refractivity contribution is 6.00. The lowest BCUT2D eigenvalue weighted by Gasteiger charge is -2.23. The second kappa shape index (κ2) is 8.36.